The summed E-state index contributed by atoms with van der Waals surface area (Å²) in [4.78, 5) is 0.710. The number of rotatable bonds is 5. The highest BCUT2D eigenvalue weighted by Gasteiger charge is 2.45. The van der Waals surface area contributed by atoms with Crippen LogP contribution in [0, 0.1) is 18.3 Å². The smallest absolute Gasteiger partial charge is 0.250 e. The van der Waals surface area contributed by atoms with Gasteiger partial charge in [-0.2, -0.15) is 0 Å². The monoisotopic (exact) mass is 289 g/mol. The van der Waals surface area contributed by atoms with Crippen molar-refractivity contribution in [2.45, 2.75) is 38.0 Å². The van der Waals surface area contributed by atoms with Crippen molar-refractivity contribution in [3.05, 3.63) is 16.5 Å². The van der Waals surface area contributed by atoms with Crippen molar-refractivity contribution in [1.29, 1.82) is 0 Å². The predicted octanol–water partition coefficient (Wildman–Crippen LogP) is 1.87. The van der Waals surface area contributed by atoms with Gasteiger partial charge in [-0.1, -0.05) is 13.8 Å². The van der Waals surface area contributed by atoms with Gasteiger partial charge in [-0.25, -0.2) is 13.1 Å². The minimum Gasteiger partial charge on any atom is -0.391 e. The number of aliphatic hydroxyl groups excluding tert-OH is 1. The highest BCUT2D eigenvalue weighted by Crippen LogP contribution is 2.51. The fourth-order valence-electron chi connectivity index (χ4n) is 1.98. The van der Waals surface area contributed by atoms with E-state index < -0.39 is 10.0 Å². The summed E-state index contributed by atoms with van der Waals surface area (Å²) < 4.78 is 27.1. The zero-order valence-electron chi connectivity index (χ0n) is 10.9. The van der Waals surface area contributed by atoms with Crippen molar-refractivity contribution in [2.24, 2.45) is 11.3 Å². The number of aryl methyl sites for hydroxylation is 1. The normalized spacial score (nSPS) is 22.1. The van der Waals surface area contributed by atoms with Gasteiger partial charge in [0.15, 0.2) is 0 Å². The number of nitrogens with one attached hydrogen (secondary N) is 1. The molecule has 0 amide bonds. The van der Waals surface area contributed by atoms with Crippen LogP contribution < -0.4 is 4.72 Å². The van der Waals surface area contributed by atoms with Gasteiger partial charge in [-0.3, -0.25) is 0 Å². The largest absolute Gasteiger partial charge is 0.391 e. The molecule has 1 atom stereocenters. The second kappa shape index (κ2) is 4.59. The third-order valence-electron chi connectivity index (χ3n) is 3.64. The minimum absolute atomic E-state index is 0.109. The Hall–Kier alpha value is -0.430. The molecule has 1 aromatic rings. The van der Waals surface area contributed by atoms with Crippen LogP contribution in [0.5, 0.6) is 0 Å². The van der Waals surface area contributed by atoms with Gasteiger partial charge in [0.25, 0.3) is 0 Å². The average molecular weight is 289 g/mol. The Kier molecular flexibility index (Phi) is 3.57. The summed E-state index contributed by atoms with van der Waals surface area (Å²) in [6, 6.07) is 1.62. The number of aliphatic hydroxyl groups is 1. The van der Waals surface area contributed by atoms with E-state index in [-0.39, 0.29) is 12.0 Å². The topological polar surface area (TPSA) is 66.4 Å². The van der Waals surface area contributed by atoms with Gasteiger partial charge >= 0.3 is 0 Å². The molecule has 1 saturated carbocycles. The Morgan fingerprint density at radius 2 is 2.17 bits per heavy atom. The van der Waals surface area contributed by atoms with Gasteiger partial charge < -0.3 is 5.11 Å². The fraction of sp³-hybridized carbons (Fsp3) is 0.667. The summed E-state index contributed by atoms with van der Waals surface area (Å²) in [5, 5.41) is 9.09. The van der Waals surface area contributed by atoms with E-state index in [1.54, 1.807) is 6.07 Å². The molecule has 1 aromatic heterocycles. The molecule has 0 aliphatic heterocycles. The quantitative estimate of drug-likeness (QED) is 0.869. The minimum atomic E-state index is -3.42. The zero-order valence-corrected chi connectivity index (χ0v) is 12.5. The molecule has 1 aliphatic carbocycles. The average Bonchev–Trinajstić information content (AvgIpc) is 2.70. The van der Waals surface area contributed by atoms with Crippen LogP contribution in [0.15, 0.2) is 10.3 Å². The van der Waals surface area contributed by atoms with E-state index >= 15 is 0 Å². The van der Waals surface area contributed by atoms with Crippen molar-refractivity contribution in [1.82, 2.24) is 4.72 Å². The lowest BCUT2D eigenvalue weighted by Crippen LogP contribution is -2.26. The van der Waals surface area contributed by atoms with E-state index in [9.17, 15) is 8.42 Å². The molecule has 2 rings (SSSR count). The van der Waals surface area contributed by atoms with Gasteiger partial charge in [0.2, 0.25) is 10.0 Å². The first kappa shape index (κ1) is 14.0. The van der Waals surface area contributed by atoms with Crippen LogP contribution in [0.1, 0.15) is 30.7 Å². The first-order valence-electron chi connectivity index (χ1n) is 5.96. The first-order chi connectivity index (χ1) is 8.26. The van der Waals surface area contributed by atoms with Crippen molar-refractivity contribution in [3.8, 4) is 0 Å². The summed E-state index contributed by atoms with van der Waals surface area (Å²) in [5.41, 5.74) is 1.10. The molecule has 1 heterocycles. The lowest BCUT2D eigenvalue weighted by molar-refractivity contribution is 0.285. The van der Waals surface area contributed by atoms with Crippen LogP contribution in [0.4, 0.5) is 0 Å². The summed E-state index contributed by atoms with van der Waals surface area (Å²) in [7, 11) is -3.42. The molecule has 18 heavy (non-hydrogen) atoms. The van der Waals surface area contributed by atoms with Crippen molar-refractivity contribution >= 4 is 21.4 Å². The molecule has 0 bridgehead atoms. The third-order valence-corrected chi connectivity index (χ3v) is 6.76. The number of thiophene rings is 1. The highest BCUT2D eigenvalue weighted by atomic mass is 32.2. The second-order valence-corrected chi connectivity index (χ2v) is 8.70. The van der Waals surface area contributed by atoms with Gasteiger partial charge in [0, 0.05) is 11.4 Å². The third kappa shape index (κ3) is 2.77. The Morgan fingerprint density at radius 3 is 2.61 bits per heavy atom. The zero-order chi connectivity index (χ0) is 13.6. The van der Waals surface area contributed by atoms with E-state index in [0.29, 0.717) is 21.5 Å². The van der Waals surface area contributed by atoms with Crippen LogP contribution >= 0.6 is 11.3 Å². The lowest BCUT2D eigenvalue weighted by atomic mass is 10.1. The molecule has 1 fully saturated rings. The Labute approximate surface area is 112 Å². The van der Waals surface area contributed by atoms with Crippen molar-refractivity contribution in [3.63, 3.8) is 0 Å². The van der Waals surface area contributed by atoms with Gasteiger partial charge in [0.05, 0.1) is 6.61 Å². The summed E-state index contributed by atoms with van der Waals surface area (Å²) in [5.74, 6) is 0.436. The maximum atomic E-state index is 12.1. The number of sulfonamides is 1. The Morgan fingerprint density at radius 1 is 1.56 bits per heavy atom. The highest BCUT2D eigenvalue weighted by molar-refractivity contribution is 7.91. The van der Waals surface area contributed by atoms with E-state index in [1.807, 2.05) is 6.92 Å². The summed E-state index contributed by atoms with van der Waals surface area (Å²) in [6.07, 6.45) is 1.07. The standard InChI is InChI=1S/C12H19NO3S2/c1-8-4-11(17-10(8)7-14)18(15,16)13-6-9-5-12(9,2)3/h4,9,13-14H,5-7H2,1-3H3. The molecular formula is C12H19NO3S2. The fourth-order valence-corrected chi connectivity index (χ4v) is 4.56. The molecular weight excluding hydrogens is 270 g/mol. The summed E-state index contributed by atoms with van der Waals surface area (Å²) >= 11 is 1.14. The Bertz CT molecular complexity index is 546. The predicted molar refractivity (Wildman–Crippen MR) is 72.1 cm³/mol. The molecule has 0 radical (unpaired) electrons. The molecule has 2 N–H and O–H groups in total. The lowest BCUT2D eigenvalue weighted by Gasteiger charge is -2.05. The van der Waals surface area contributed by atoms with Crippen LogP contribution in [-0.2, 0) is 16.6 Å². The number of hydrogen-bond acceptors (Lipinski definition) is 4. The van der Waals surface area contributed by atoms with Crippen LogP contribution in [0.25, 0.3) is 0 Å². The molecule has 1 unspecified atom stereocenters. The van der Waals surface area contributed by atoms with E-state index in [2.05, 4.69) is 18.6 Å². The SMILES string of the molecule is Cc1cc(S(=O)(=O)NCC2CC2(C)C)sc1CO. The molecule has 0 saturated heterocycles. The maximum Gasteiger partial charge on any atom is 0.250 e. The molecule has 4 nitrogen and oxygen atoms in total. The summed E-state index contributed by atoms with van der Waals surface area (Å²) in [6.45, 7) is 6.49. The first-order valence-corrected chi connectivity index (χ1v) is 8.26. The van der Waals surface area contributed by atoms with Gasteiger partial charge in [-0.05, 0) is 36.3 Å². The van der Waals surface area contributed by atoms with E-state index in [1.165, 1.54) is 0 Å². The molecule has 0 aromatic carbocycles. The van der Waals surface area contributed by atoms with Gasteiger partial charge in [-0.15, -0.1) is 11.3 Å². The van der Waals surface area contributed by atoms with Crippen LogP contribution in [-0.4, -0.2) is 20.1 Å². The number of hydrogen-bond donors (Lipinski definition) is 2. The van der Waals surface area contributed by atoms with E-state index in [4.69, 9.17) is 5.11 Å². The van der Waals surface area contributed by atoms with Crippen LogP contribution in [0.2, 0.25) is 0 Å². The van der Waals surface area contributed by atoms with Crippen molar-refractivity contribution < 1.29 is 13.5 Å². The second-order valence-electron chi connectivity index (χ2n) is 5.57. The molecule has 102 valence electrons. The Balaban J connectivity index is 2.06. The van der Waals surface area contributed by atoms with E-state index in [0.717, 1.165) is 23.3 Å². The van der Waals surface area contributed by atoms with Crippen LogP contribution in [0.3, 0.4) is 0 Å². The molecule has 0 spiro atoms. The molecule has 1 aliphatic rings. The molecule has 6 heteroatoms. The maximum absolute atomic E-state index is 12.1. The van der Waals surface area contributed by atoms with Gasteiger partial charge in [0.1, 0.15) is 4.21 Å². The van der Waals surface area contributed by atoms with Crippen molar-refractivity contribution in [2.75, 3.05) is 6.54 Å².